The minimum Gasteiger partial charge on any atom is -0.497 e. The third-order valence-corrected chi connectivity index (χ3v) is 4.44. The number of benzene rings is 1. The molecular weight excluding hydrogens is 272 g/mol. The predicted octanol–water partition coefficient (Wildman–Crippen LogP) is 2.27. The van der Waals surface area contributed by atoms with E-state index in [0.717, 1.165) is 10.9 Å². The number of methoxy groups -OCH3 is 1. The van der Waals surface area contributed by atoms with Crippen molar-refractivity contribution < 1.29 is 4.74 Å². The molecular formula is C14H20N4OS. The van der Waals surface area contributed by atoms with Gasteiger partial charge in [0.25, 0.3) is 0 Å². The standard InChI is InChI=1S/C14H20N4OS/c1-10(20-14-16-9-17-18(14)3)13(15-2)11-5-7-12(19-4)8-6-11/h5-10,13,15H,1-4H3. The number of hydrogen-bond donors (Lipinski definition) is 1. The number of aryl methyl sites for hydroxylation is 1. The third-order valence-electron chi connectivity index (χ3n) is 3.22. The molecule has 108 valence electrons. The van der Waals surface area contributed by atoms with E-state index in [9.17, 15) is 0 Å². The Morgan fingerprint density at radius 2 is 2.00 bits per heavy atom. The number of nitrogens with zero attached hydrogens (tertiary/aromatic N) is 3. The summed E-state index contributed by atoms with van der Waals surface area (Å²) >= 11 is 1.71. The maximum atomic E-state index is 5.20. The van der Waals surface area contributed by atoms with Gasteiger partial charge in [0.2, 0.25) is 0 Å². The summed E-state index contributed by atoms with van der Waals surface area (Å²) in [5, 5.41) is 8.72. The van der Waals surface area contributed by atoms with Gasteiger partial charge in [-0.3, -0.25) is 0 Å². The van der Waals surface area contributed by atoms with E-state index in [-0.39, 0.29) is 6.04 Å². The smallest absolute Gasteiger partial charge is 0.186 e. The Morgan fingerprint density at radius 3 is 2.50 bits per heavy atom. The normalized spacial score (nSPS) is 14.0. The van der Waals surface area contributed by atoms with E-state index in [2.05, 4.69) is 34.5 Å². The van der Waals surface area contributed by atoms with E-state index < -0.39 is 0 Å². The van der Waals surface area contributed by atoms with Crippen LogP contribution in [0.3, 0.4) is 0 Å². The molecule has 0 aliphatic heterocycles. The summed E-state index contributed by atoms with van der Waals surface area (Å²) in [6, 6.07) is 8.39. The lowest BCUT2D eigenvalue weighted by Gasteiger charge is -2.23. The van der Waals surface area contributed by atoms with Gasteiger partial charge in [-0.15, -0.1) is 0 Å². The zero-order valence-corrected chi connectivity index (χ0v) is 13.0. The first kappa shape index (κ1) is 14.9. The fourth-order valence-electron chi connectivity index (χ4n) is 2.11. The van der Waals surface area contributed by atoms with Crippen molar-refractivity contribution in [3.63, 3.8) is 0 Å². The fourth-order valence-corrected chi connectivity index (χ4v) is 3.18. The summed E-state index contributed by atoms with van der Waals surface area (Å²) in [6.45, 7) is 2.19. The molecule has 0 bridgehead atoms. The highest BCUT2D eigenvalue weighted by Crippen LogP contribution is 2.31. The summed E-state index contributed by atoms with van der Waals surface area (Å²) in [5.74, 6) is 0.872. The molecule has 1 aromatic carbocycles. The molecule has 0 aliphatic carbocycles. The molecule has 6 heteroatoms. The van der Waals surface area contributed by atoms with Crippen molar-refractivity contribution >= 4 is 11.8 Å². The molecule has 2 rings (SSSR count). The van der Waals surface area contributed by atoms with Gasteiger partial charge in [0.05, 0.1) is 7.11 Å². The second-order valence-corrected chi connectivity index (χ2v) is 5.87. The first-order valence-electron chi connectivity index (χ1n) is 6.47. The number of hydrogen-bond acceptors (Lipinski definition) is 5. The van der Waals surface area contributed by atoms with E-state index in [1.54, 1.807) is 29.9 Å². The maximum absolute atomic E-state index is 5.20. The zero-order valence-electron chi connectivity index (χ0n) is 12.2. The highest BCUT2D eigenvalue weighted by Gasteiger charge is 2.20. The van der Waals surface area contributed by atoms with Crippen molar-refractivity contribution in [1.29, 1.82) is 0 Å². The van der Waals surface area contributed by atoms with E-state index in [1.165, 1.54) is 5.56 Å². The topological polar surface area (TPSA) is 52.0 Å². The van der Waals surface area contributed by atoms with Crippen molar-refractivity contribution in [2.24, 2.45) is 7.05 Å². The van der Waals surface area contributed by atoms with Crippen molar-refractivity contribution in [3.05, 3.63) is 36.2 Å². The Kier molecular flexibility index (Phi) is 5.03. The minimum atomic E-state index is 0.239. The largest absolute Gasteiger partial charge is 0.497 e. The summed E-state index contributed by atoms with van der Waals surface area (Å²) in [6.07, 6.45) is 1.58. The molecule has 2 atom stereocenters. The summed E-state index contributed by atoms with van der Waals surface area (Å²) in [5.41, 5.74) is 1.23. The van der Waals surface area contributed by atoms with Crippen LogP contribution in [0.5, 0.6) is 5.75 Å². The van der Waals surface area contributed by atoms with Crippen LogP contribution in [0.25, 0.3) is 0 Å². The van der Waals surface area contributed by atoms with Crippen LogP contribution < -0.4 is 10.1 Å². The Labute approximate surface area is 123 Å². The SMILES string of the molecule is CNC(c1ccc(OC)cc1)C(C)Sc1ncnn1C. The van der Waals surface area contributed by atoms with Crippen LogP contribution >= 0.6 is 11.8 Å². The average Bonchev–Trinajstić information content (AvgIpc) is 2.86. The van der Waals surface area contributed by atoms with Crippen LogP contribution in [0.1, 0.15) is 18.5 Å². The monoisotopic (exact) mass is 292 g/mol. The molecule has 1 N–H and O–H groups in total. The number of thioether (sulfide) groups is 1. The van der Waals surface area contributed by atoms with Gasteiger partial charge in [-0.05, 0) is 24.7 Å². The van der Waals surface area contributed by atoms with Crippen molar-refractivity contribution in [1.82, 2.24) is 20.1 Å². The van der Waals surface area contributed by atoms with Crippen LogP contribution in [0.2, 0.25) is 0 Å². The molecule has 1 heterocycles. The van der Waals surface area contributed by atoms with Gasteiger partial charge in [0.15, 0.2) is 5.16 Å². The lowest BCUT2D eigenvalue weighted by Crippen LogP contribution is -2.25. The van der Waals surface area contributed by atoms with Gasteiger partial charge < -0.3 is 10.1 Å². The molecule has 20 heavy (non-hydrogen) atoms. The molecule has 0 saturated carbocycles. The predicted molar refractivity (Wildman–Crippen MR) is 81.1 cm³/mol. The van der Waals surface area contributed by atoms with Crippen LogP contribution in [0.15, 0.2) is 35.7 Å². The summed E-state index contributed by atoms with van der Waals surface area (Å²) < 4.78 is 6.99. The molecule has 0 saturated heterocycles. The van der Waals surface area contributed by atoms with E-state index in [1.807, 2.05) is 26.2 Å². The van der Waals surface area contributed by atoms with Gasteiger partial charge in [0, 0.05) is 18.3 Å². The van der Waals surface area contributed by atoms with Crippen molar-refractivity contribution in [2.45, 2.75) is 23.4 Å². The molecule has 0 fully saturated rings. The molecule has 0 spiro atoms. The zero-order chi connectivity index (χ0) is 14.5. The average molecular weight is 292 g/mol. The van der Waals surface area contributed by atoms with Crippen molar-refractivity contribution in [3.8, 4) is 5.75 Å². The molecule has 0 aliphatic rings. The Balaban J connectivity index is 2.12. The first-order valence-corrected chi connectivity index (χ1v) is 7.35. The van der Waals surface area contributed by atoms with Gasteiger partial charge >= 0.3 is 0 Å². The van der Waals surface area contributed by atoms with Crippen LogP contribution in [-0.4, -0.2) is 34.2 Å². The lowest BCUT2D eigenvalue weighted by atomic mass is 10.0. The first-order chi connectivity index (χ1) is 9.65. The van der Waals surface area contributed by atoms with Crippen LogP contribution in [0.4, 0.5) is 0 Å². The Hall–Kier alpha value is -1.53. The number of aromatic nitrogens is 3. The number of rotatable bonds is 6. The highest BCUT2D eigenvalue weighted by atomic mass is 32.2. The van der Waals surface area contributed by atoms with Gasteiger partial charge in [-0.2, -0.15) is 5.10 Å². The molecule has 2 unspecified atom stereocenters. The van der Waals surface area contributed by atoms with Crippen molar-refractivity contribution in [2.75, 3.05) is 14.2 Å². The van der Waals surface area contributed by atoms with Crippen LogP contribution in [-0.2, 0) is 7.05 Å². The molecule has 5 nitrogen and oxygen atoms in total. The maximum Gasteiger partial charge on any atom is 0.186 e. The highest BCUT2D eigenvalue weighted by molar-refractivity contribution is 7.99. The Morgan fingerprint density at radius 1 is 1.30 bits per heavy atom. The van der Waals surface area contributed by atoms with Crippen LogP contribution in [0, 0.1) is 0 Å². The number of ether oxygens (including phenoxy) is 1. The van der Waals surface area contributed by atoms with Gasteiger partial charge in [-0.1, -0.05) is 30.8 Å². The van der Waals surface area contributed by atoms with E-state index in [4.69, 9.17) is 4.74 Å². The summed E-state index contributed by atoms with van der Waals surface area (Å²) in [7, 11) is 5.56. The molecule has 1 aromatic heterocycles. The lowest BCUT2D eigenvalue weighted by molar-refractivity contribution is 0.414. The Bertz CT molecular complexity index is 540. The molecule has 0 radical (unpaired) electrons. The van der Waals surface area contributed by atoms with Gasteiger partial charge in [0.1, 0.15) is 12.1 Å². The summed E-state index contributed by atoms with van der Waals surface area (Å²) in [4.78, 5) is 4.26. The van der Waals surface area contributed by atoms with E-state index in [0.29, 0.717) is 5.25 Å². The third kappa shape index (κ3) is 3.32. The quantitative estimate of drug-likeness (QED) is 0.828. The van der Waals surface area contributed by atoms with E-state index >= 15 is 0 Å². The second kappa shape index (κ2) is 6.76. The molecule has 0 amide bonds. The second-order valence-electron chi connectivity index (χ2n) is 4.53. The molecule has 2 aromatic rings. The number of nitrogens with one attached hydrogen (secondary N) is 1. The van der Waals surface area contributed by atoms with Gasteiger partial charge in [-0.25, -0.2) is 9.67 Å². The minimum absolute atomic E-state index is 0.239. The fraction of sp³-hybridized carbons (Fsp3) is 0.429.